The topological polar surface area (TPSA) is 88.4 Å². The van der Waals surface area contributed by atoms with Crippen LogP contribution in [0.1, 0.15) is 17.3 Å². The predicted octanol–water partition coefficient (Wildman–Crippen LogP) is 2.42. The number of rotatable bonds is 4. The van der Waals surface area contributed by atoms with Crippen LogP contribution in [0.4, 0.5) is 0 Å². The fourth-order valence-electron chi connectivity index (χ4n) is 3.22. The molecule has 8 nitrogen and oxygen atoms in total. The first-order chi connectivity index (χ1) is 13.4. The summed E-state index contributed by atoms with van der Waals surface area (Å²) in [7, 11) is -3.52. The van der Waals surface area contributed by atoms with Gasteiger partial charge in [-0.25, -0.2) is 13.1 Å². The Morgan fingerprint density at radius 3 is 2.57 bits per heavy atom. The highest BCUT2D eigenvalue weighted by Gasteiger charge is 2.31. The zero-order chi connectivity index (χ0) is 19.9. The van der Waals surface area contributed by atoms with Gasteiger partial charge >= 0.3 is 0 Å². The number of amides is 1. The molecule has 1 fully saturated rings. The highest BCUT2D eigenvalue weighted by molar-refractivity contribution is 9.11. The molecule has 1 amide bonds. The van der Waals surface area contributed by atoms with Crippen LogP contribution in [-0.4, -0.2) is 64.7 Å². The van der Waals surface area contributed by atoms with E-state index in [2.05, 4.69) is 26.2 Å². The van der Waals surface area contributed by atoms with Gasteiger partial charge in [0.25, 0.3) is 15.9 Å². The quantitative estimate of drug-likeness (QED) is 0.568. The molecule has 2 aromatic heterocycles. The third-order valence-electron chi connectivity index (χ3n) is 4.73. The van der Waals surface area contributed by atoms with Crippen LogP contribution >= 0.6 is 27.3 Å². The third kappa shape index (κ3) is 3.47. The van der Waals surface area contributed by atoms with Crippen LogP contribution in [0, 0.1) is 0 Å². The van der Waals surface area contributed by atoms with E-state index in [-0.39, 0.29) is 19.0 Å². The molecule has 11 heteroatoms. The van der Waals surface area contributed by atoms with Gasteiger partial charge in [-0.1, -0.05) is 5.21 Å². The summed E-state index contributed by atoms with van der Waals surface area (Å²) < 4.78 is 29.7. The summed E-state index contributed by atoms with van der Waals surface area (Å²) in [5.41, 5.74) is 2.10. The number of aryl methyl sites for hydroxylation is 1. The largest absolute Gasteiger partial charge is 0.336 e. The second-order valence-electron chi connectivity index (χ2n) is 6.36. The van der Waals surface area contributed by atoms with E-state index in [1.54, 1.807) is 33.8 Å². The van der Waals surface area contributed by atoms with E-state index < -0.39 is 10.0 Å². The van der Waals surface area contributed by atoms with E-state index >= 15 is 0 Å². The second-order valence-corrected chi connectivity index (χ2v) is 11.0. The fraction of sp³-hybridized carbons (Fsp3) is 0.353. The number of hydrogen-bond acceptors (Lipinski definition) is 6. The van der Waals surface area contributed by atoms with Gasteiger partial charge in [0, 0.05) is 38.3 Å². The standard InChI is InChI=1S/C17H18BrN5O3S2/c1-2-23-14-4-3-12(11-13(14)19-20-23)17(24)21-7-9-22(10-8-21)28(25,26)16-6-5-15(18)27-16/h3-6,11H,2,7-10H2,1H3. The lowest BCUT2D eigenvalue weighted by molar-refractivity contribution is 0.0698. The molecule has 3 heterocycles. The number of benzene rings is 1. The molecule has 0 atom stereocenters. The normalized spacial score (nSPS) is 16.0. The van der Waals surface area contributed by atoms with E-state index in [9.17, 15) is 13.2 Å². The van der Waals surface area contributed by atoms with Crippen LogP contribution < -0.4 is 0 Å². The zero-order valence-corrected chi connectivity index (χ0v) is 18.3. The van der Waals surface area contributed by atoms with Crippen LogP contribution in [0.15, 0.2) is 38.3 Å². The van der Waals surface area contributed by atoms with Crippen LogP contribution in [0.25, 0.3) is 11.0 Å². The number of carbonyl (C=O) groups excluding carboxylic acids is 1. The van der Waals surface area contributed by atoms with Crippen LogP contribution in [0.5, 0.6) is 0 Å². The van der Waals surface area contributed by atoms with E-state index in [0.29, 0.717) is 34.9 Å². The maximum absolute atomic E-state index is 12.8. The van der Waals surface area contributed by atoms with Gasteiger partial charge in [-0.3, -0.25) is 4.79 Å². The van der Waals surface area contributed by atoms with Gasteiger partial charge in [-0.05, 0) is 53.2 Å². The van der Waals surface area contributed by atoms with Crippen molar-refractivity contribution in [3.63, 3.8) is 0 Å². The first kappa shape index (κ1) is 19.5. The minimum absolute atomic E-state index is 0.121. The highest BCUT2D eigenvalue weighted by atomic mass is 79.9. The molecule has 28 heavy (non-hydrogen) atoms. The van der Waals surface area contributed by atoms with Gasteiger partial charge in [0.1, 0.15) is 9.73 Å². The summed E-state index contributed by atoms with van der Waals surface area (Å²) >= 11 is 4.49. The van der Waals surface area contributed by atoms with Crippen molar-refractivity contribution in [2.45, 2.75) is 17.7 Å². The number of thiophene rings is 1. The lowest BCUT2D eigenvalue weighted by Crippen LogP contribution is -2.50. The van der Waals surface area contributed by atoms with Crippen molar-refractivity contribution >= 4 is 54.2 Å². The monoisotopic (exact) mass is 483 g/mol. The summed E-state index contributed by atoms with van der Waals surface area (Å²) in [5, 5.41) is 8.17. The maximum atomic E-state index is 12.8. The predicted molar refractivity (Wildman–Crippen MR) is 110 cm³/mol. The van der Waals surface area contributed by atoms with Crippen LogP contribution in [0.3, 0.4) is 0 Å². The van der Waals surface area contributed by atoms with Crippen LogP contribution in [-0.2, 0) is 16.6 Å². The Labute approximate surface area is 174 Å². The summed E-state index contributed by atoms with van der Waals surface area (Å²) in [6.45, 7) is 3.95. The Hall–Kier alpha value is -1.82. The molecule has 1 aromatic carbocycles. The van der Waals surface area contributed by atoms with E-state index in [0.717, 1.165) is 9.30 Å². The molecule has 0 spiro atoms. The molecular formula is C17H18BrN5O3S2. The van der Waals surface area contributed by atoms with E-state index in [4.69, 9.17) is 0 Å². The third-order valence-corrected chi connectivity index (χ3v) is 8.72. The lowest BCUT2D eigenvalue weighted by Gasteiger charge is -2.33. The minimum atomic E-state index is -3.52. The molecule has 1 aliphatic rings. The Bertz CT molecular complexity index is 1130. The Morgan fingerprint density at radius 2 is 1.93 bits per heavy atom. The number of hydrogen-bond donors (Lipinski definition) is 0. The SMILES string of the molecule is CCn1nnc2cc(C(=O)N3CCN(S(=O)(=O)c4ccc(Br)s4)CC3)ccc21. The van der Waals surface area contributed by atoms with Gasteiger partial charge in [0.05, 0.1) is 9.30 Å². The van der Waals surface area contributed by atoms with Gasteiger partial charge < -0.3 is 4.90 Å². The number of halogens is 1. The van der Waals surface area contributed by atoms with Crippen molar-refractivity contribution < 1.29 is 13.2 Å². The first-order valence-corrected chi connectivity index (χ1v) is 11.8. The molecule has 0 saturated carbocycles. The molecule has 0 bridgehead atoms. The highest BCUT2D eigenvalue weighted by Crippen LogP contribution is 2.29. The average Bonchev–Trinajstić information content (AvgIpc) is 3.33. The summed E-state index contributed by atoms with van der Waals surface area (Å²) in [6, 6.07) is 8.68. The van der Waals surface area contributed by atoms with Crippen molar-refractivity contribution in [2.75, 3.05) is 26.2 Å². The molecule has 0 radical (unpaired) electrons. The molecule has 1 saturated heterocycles. The second kappa shape index (κ2) is 7.54. The number of carbonyl (C=O) groups is 1. The van der Waals surface area contributed by atoms with Crippen molar-refractivity contribution in [3.8, 4) is 0 Å². The van der Waals surface area contributed by atoms with Crippen LogP contribution in [0.2, 0.25) is 0 Å². The van der Waals surface area contributed by atoms with E-state index in [1.165, 1.54) is 15.6 Å². The van der Waals surface area contributed by atoms with Gasteiger partial charge in [0.15, 0.2) is 0 Å². The van der Waals surface area contributed by atoms with Gasteiger partial charge in [0.2, 0.25) is 0 Å². The van der Waals surface area contributed by atoms with Crippen molar-refractivity contribution in [2.24, 2.45) is 0 Å². The minimum Gasteiger partial charge on any atom is -0.336 e. The molecule has 0 N–H and O–H groups in total. The van der Waals surface area contributed by atoms with Crippen molar-refractivity contribution in [1.82, 2.24) is 24.2 Å². The molecular weight excluding hydrogens is 466 g/mol. The number of fused-ring (bicyclic) bond motifs is 1. The first-order valence-electron chi connectivity index (χ1n) is 8.78. The Balaban J connectivity index is 1.47. The Morgan fingerprint density at radius 1 is 1.18 bits per heavy atom. The van der Waals surface area contributed by atoms with E-state index in [1.807, 2.05) is 13.0 Å². The molecule has 0 unspecified atom stereocenters. The Kier molecular flexibility index (Phi) is 5.25. The molecule has 3 aromatic rings. The molecule has 4 rings (SSSR count). The number of aromatic nitrogens is 3. The lowest BCUT2D eigenvalue weighted by atomic mass is 10.1. The number of sulfonamides is 1. The fourth-order valence-corrected chi connectivity index (χ4v) is 6.80. The van der Waals surface area contributed by atoms with Crippen molar-refractivity contribution in [1.29, 1.82) is 0 Å². The molecule has 148 valence electrons. The smallest absolute Gasteiger partial charge is 0.254 e. The van der Waals surface area contributed by atoms with Gasteiger partial charge in [-0.2, -0.15) is 4.31 Å². The average molecular weight is 484 g/mol. The summed E-state index contributed by atoms with van der Waals surface area (Å²) in [4.78, 5) is 14.5. The summed E-state index contributed by atoms with van der Waals surface area (Å²) in [6.07, 6.45) is 0. The van der Waals surface area contributed by atoms with Gasteiger partial charge in [-0.15, -0.1) is 16.4 Å². The zero-order valence-electron chi connectivity index (χ0n) is 15.1. The van der Waals surface area contributed by atoms with Crippen molar-refractivity contribution in [3.05, 3.63) is 39.7 Å². The summed E-state index contributed by atoms with van der Waals surface area (Å²) in [5.74, 6) is -0.121. The number of nitrogens with zero attached hydrogens (tertiary/aromatic N) is 5. The number of piperazine rings is 1. The maximum Gasteiger partial charge on any atom is 0.254 e. The molecule has 0 aliphatic carbocycles. The molecule has 1 aliphatic heterocycles.